The number of hydrogen-bond acceptors (Lipinski definition) is 2. The van der Waals surface area contributed by atoms with E-state index in [0.29, 0.717) is 0 Å². The lowest BCUT2D eigenvalue weighted by Crippen LogP contribution is -2.09. The molecule has 0 N–H and O–H groups in total. The van der Waals surface area contributed by atoms with Gasteiger partial charge in [0.25, 0.3) is 0 Å². The number of carbonyl (C=O) groups is 1. The maximum atomic E-state index is 10.8. The van der Waals surface area contributed by atoms with Gasteiger partial charge in [0, 0.05) is 24.5 Å². The van der Waals surface area contributed by atoms with E-state index < -0.39 is 0 Å². The summed E-state index contributed by atoms with van der Waals surface area (Å²) in [5.41, 5.74) is 3.20. The molecular weight excluding hydrogens is 198 g/mol. The van der Waals surface area contributed by atoms with Crippen molar-refractivity contribution < 1.29 is 4.79 Å². The van der Waals surface area contributed by atoms with Crippen LogP contribution < -0.4 is 0 Å². The van der Waals surface area contributed by atoms with E-state index in [9.17, 15) is 4.79 Å². The molecular formula is C14H15NO. The molecule has 1 heterocycles. The van der Waals surface area contributed by atoms with Crippen molar-refractivity contribution >= 4 is 12.0 Å². The SMILES string of the molecule is CN1C=C(C=O)CCC=C1c1ccccc1. The molecule has 0 saturated heterocycles. The summed E-state index contributed by atoms with van der Waals surface area (Å²) in [7, 11) is 1.98. The quantitative estimate of drug-likeness (QED) is 0.704. The van der Waals surface area contributed by atoms with Gasteiger partial charge in [0.05, 0.1) is 0 Å². The van der Waals surface area contributed by atoms with Crippen molar-refractivity contribution in [3.05, 3.63) is 53.7 Å². The fourth-order valence-corrected chi connectivity index (χ4v) is 1.92. The highest BCUT2D eigenvalue weighted by molar-refractivity contribution is 5.75. The molecule has 0 fully saturated rings. The van der Waals surface area contributed by atoms with Crippen LogP contribution in [-0.4, -0.2) is 18.2 Å². The second-order valence-corrected chi connectivity index (χ2v) is 3.93. The van der Waals surface area contributed by atoms with E-state index in [1.807, 2.05) is 36.3 Å². The van der Waals surface area contributed by atoms with E-state index in [1.165, 1.54) is 5.56 Å². The summed E-state index contributed by atoms with van der Waals surface area (Å²) in [6, 6.07) is 10.2. The van der Waals surface area contributed by atoms with Crippen molar-refractivity contribution in [2.45, 2.75) is 12.8 Å². The van der Waals surface area contributed by atoms with E-state index in [4.69, 9.17) is 0 Å². The zero-order valence-electron chi connectivity index (χ0n) is 9.39. The predicted octanol–water partition coefficient (Wildman–Crippen LogP) is 2.84. The van der Waals surface area contributed by atoms with Gasteiger partial charge in [-0.05, 0) is 18.4 Å². The highest BCUT2D eigenvalue weighted by atomic mass is 16.1. The van der Waals surface area contributed by atoms with Gasteiger partial charge in [-0.2, -0.15) is 0 Å². The molecule has 16 heavy (non-hydrogen) atoms. The molecule has 1 aromatic carbocycles. The van der Waals surface area contributed by atoms with Crippen LogP contribution in [0.4, 0.5) is 0 Å². The minimum Gasteiger partial charge on any atom is -0.350 e. The lowest BCUT2D eigenvalue weighted by atomic mass is 10.1. The monoisotopic (exact) mass is 213 g/mol. The highest BCUT2D eigenvalue weighted by Gasteiger charge is 2.09. The van der Waals surface area contributed by atoms with Crippen LogP contribution in [0.15, 0.2) is 48.2 Å². The van der Waals surface area contributed by atoms with Crippen molar-refractivity contribution in [3.8, 4) is 0 Å². The molecule has 0 unspecified atom stereocenters. The number of nitrogens with zero attached hydrogens (tertiary/aromatic N) is 1. The van der Waals surface area contributed by atoms with Gasteiger partial charge in [-0.3, -0.25) is 4.79 Å². The fraction of sp³-hybridized carbons (Fsp3) is 0.214. The van der Waals surface area contributed by atoms with Crippen LogP contribution >= 0.6 is 0 Å². The maximum Gasteiger partial charge on any atom is 0.147 e. The second kappa shape index (κ2) is 4.79. The summed E-state index contributed by atoms with van der Waals surface area (Å²) in [5, 5.41) is 0. The summed E-state index contributed by atoms with van der Waals surface area (Å²) >= 11 is 0. The van der Waals surface area contributed by atoms with Gasteiger partial charge in [0.1, 0.15) is 6.29 Å². The Bertz CT molecular complexity index is 431. The molecule has 1 aliphatic heterocycles. The molecule has 0 amide bonds. The van der Waals surface area contributed by atoms with Crippen molar-refractivity contribution in [2.24, 2.45) is 0 Å². The molecule has 0 atom stereocenters. The van der Waals surface area contributed by atoms with E-state index in [1.54, 1.807) is 0 Å². The number of aldehydes is 1. The molecule has 0 aromatic heterocycles. The van der Waals surface area contributed by atoms with Gasteiger partial charge < -0.3 is 4.90 Å². The molecule has 0 radical (unpaired) electrons. The Labute approximate surface area is 95.9 Å². The normalized spacial score (nSPS) is 16.2. The molecule has 1 aliphatic rings. The van der Waals surface area contributed by atoms with Gasteiger partial charge in [0.2, 0.25) is 0 Å². The summed E-state index contributed by atoms with van der Waals surface area (Å²) in [6.07, 6.45) is 6.78. The van der Waals surface area contributed by atoms with Crippen molar-refractivity contribution in [2.75, 3.05) is 7.05 Å². The third-order valence-corrected chi connectivity index (χ3v) is 2.73. The lowest BCUT2D eigenvalue weighted by molar-refractivity contribution is -0.105. The fourth-order valence-electron chi connectivity index (χ4n) is 1.92. The molecule has 0 bridgehead atoms. The Morgan fingerprint density at radius 1 is 1.25 bits per heavy atom. The van der Waals surface area contributed by atoms with E-state index >= 15 is 0 Å². The van der Waals surface area contributed by atoms with Crippen LogP contribution in [0.5, 0.6) is 0 Å². The average Bonchev–Trinajstić information content (AvgIpc) is 2.52. The van der Waals surface area contributed by atoms with Crippen LogP contribution in [0.25, 0.3) is 5.70 Å². The Morgan fingerprint density at radius 3 is 2.69 bits per heavy atom. The largest absolute Gasteiger partial charge is 0.350 e. The number of rotatable bonds is 2. The maximum absolute atomic E-state index is 10.8. The van der Waals surface area contributed by atoms with Gasteiger partial charge in [-0.15, -0.1) is 0 Å². The first kappa shape index (κ1) is 10.7. The van der Waals surface area contributed by atoms with Crippen LogP contribution in [0.3, 0.4) is 0 Å². The number of hydrogen-bond donors (Lipinski definition) is 0. The summed E-state index contributed by atoms with van der Waals surface area (Å²) in [4.78, 5) is 12.8. The Hall–Kier alpha value is -1.83. The lowest BCUT2D eigenvalue weighted by Gasteiger charge is -2.18. The summed E-state index contributed by atoms with van der Waals surface area (Å²) < 4.78 is 0. The van der Waals surface area contributed by atoms with Gasteiger partial charge in [0.15, 0.2) is 0 Å². The van der Waals surface area contributed by atoms with E-state index in [-0.39, 0.29) is 0 Å². The topological polar surface area (TPSA) is 20.3 Å². The van der Waals surface area contributed by atoms with Crippen molar-refractivity contribution in [1.82, 2.24) is 4.90 Å². The number of benzene rings is 1. The summed E-state index contributed by atoms with van der Waals surface area (Å²) in [6.45, 7) is 0. The predicted molar refractivity (Wildman–Crippen MR) is 65.6 cm³/mol. The highest BCUT2D eigenvalue weighted by Crippen LogP contribution is 2.23. The van der Waals surface area contributed by atoms with Crippen LogP contribution in [0.2, 0.25) is 0 Å². The molecule has 0 aliphatic carbocycles. The zero-order valence-corrected chi connectivity index (χ0v) is 9.39. The first-order chi connectivity index (χ1) is 7.81. The van der Waals surface area contributed by atoms with Crippen LogP contribution in [0.1, 0.15) is 18.4 Å². The van der Waals surface area contributed by atoms with E-state index in [0.717, 1.165) is 30.4 Å². The summed E-state index contributed by atoms with van der Waals surface area (Å²) in [5.74, 6) is 0. The smallest absolute Gasteiger partial charge is 0.147 e. The van der Waals surface area contributed by atoms with Gasteiger partial charge in [-0.25, -0.2) is 0 Å². The second-order valence-electron chi connectivity index (χ2n) is 3.93. The number of allylic oxidation sites excluding steroid dienone is 2. The molecule has 1 aromatic rings. The molecule has 2 nitrogen and oxygen atoms in total. The van der Waals surface area contributed by atoms with Crippen LogP contribution in [0, 0.1) is 0 Å². The third-order valence-electron chi connectivity index (χ3n) is 2.73. The van der Waals surface area contributed by atoms with Gasteiger partial charge >= 0.3 is 0 Å². The Morgan fingerprint density at radius 2 is 2.00 bits per heavy atom. The Balaban J connectivity index is 2.32. The first-order valence-electron chi connectivity index (χ1n) is 5.45. The first-order valence-corrected chi connectivity index (χ1v) is 5.45. The molecule has 0 spiro atoms. The minimum atomic E-state index is 0.824. The molecule has 2 heteroatoms. The number of carbonyl (C=O) groups excluding carboxylic acids is 1. The van der Waals surface area contributed by atoms with Crippen LogP contribution in [-0.2, 0) is 4.79 Å². The zero-order chi connectivity index (χ0) is 11.4. The van der Waals surface area contributed by atoms with E-state index in [2.05, 4.69) is 18.2 Å². The van der Waals surface area contributed by atoms with Crippen molar-refractivity contribution in [3.63, 3.8) is 0 Å². The average molecular weight is 213 g/mol. The molecule has 0 saturated carbocycles. The standard InChI is InChI=1S/C14H15NO/c1-15-10-12(11-16)6-5-9-14(15)13-7-3-2-4-8-13/h2-4,7-11H,5-6H2,1H3. The van der Waals surface area contributed by atoms with Gasteiger partial charge in [-0.1, -0.05) is 36.4 Å². The molecule has 82 valence electrons. The minimum absolute atomic E-state index is 0.824. The van der Waals surface area contributed by atoms with Crippen molar-refractivity contribution in [1.29, 1.82) is 0 Å². The third kappa shape index (κ3) is 2.22. The molecule has 2 rings (SSSR count). The Kier molecular flexibility index (Phi) is 3.20.